The fourth-order valence-corrected chi connectivity index (χ4v) is 1.81. The van der Waals surface area contributed by atoms with Crippen molar-refractivity contribution in [3.8, 4) is 0 Å². The second-order valence-corrected chi connectivity index (χ2v) is 5.94. The molecule has 1 aromatic rings. The molecule has 5 nitrogen and oxygen atoms in total. The average Bonchev–Trinajstić information content (AvgIpc) is 2.30. The Hall–Kier alpha value is -1.30. The van der Waals surface area contributed by atoms with Crippen LogP contribution in [0.3, 0.4) is 0 Å². The predicted octanol–water partition coefficient (Wildman–Crippen LogP) is 2.55. The number of anilines is 1. The van der Waals surface area contributed by atoms with Crippen LogP contribution in [-0.4, -0.2) is 29.4 Å². The maximum Gasteiger partial charge on any atom is 0.412 e. The highest BCUT2D eigenvalue weighted by molar-refractivity contribution is 6.33. The predicted molar refractivity (Wildman–Crippen MR) is 80.1 cm³/mol. The summed E-state index contributed by atoms with van der Waals surface area (Å²) in [6.45, 7) is 5.54. The third-order valence-corrected chi connectivity index (χ3v) is 2.73. The number of ether oxygens (including phenoxy) is 1. The summed E-state index contributed by atoms with van der Waals surface area (Å²) in [4.78, 5) is 11.6. The summed E-state index contributed by atoms with van der Waals surface area (Å²) in [6.07, 6.45) is -0.743. The number of hydrogen-bond acceptors (Lipinski definition) is 4. The van der Waals surface area contributed by atoms with E-state index in [0.29, 0.717) is 17.1 Å². The normalized spacial score (nSPS) is 12.9. The van der Waals surface area contributed by atoms with Crippen LogP contribution in [0.5, 0.6) is 0 Å². The van der Waals surface area contributed by atoms with Gasteiger partial charge in [0.25, 0.3) is 0 Å². The lowest BCUT2D eigenvalue weighted by Crippen LogP contribution is -2.27. The molecule has 1 aromatic carbocycles. The van der Waals surface area contributed by atoms with Crippen LogP contribution in [-0.2, 0) is 11.2 Å². The van der Waals surface area contributed by atoms with Crippen molar-refractivity contribution >= 4 is 23.4 Å². The number of hydrogen-bond donors (Lipinski definition) is 3. The Kier molecular flexibility index (Phi) is 5.80. The third kappa shape index (κ3) is 5.77. The number of carbonyl (C=O) groups excluding carboxylic acids is 1. The summed E-state index contributed by atoms with van der Waals surface area (Å²) in [5.41, 5.74) is 6.10. The molecule has 1 atom stereocenters. The third-order valence-electron chi connectivity index (χ3n) is 2.41. The first-order chi connectivity index (χ1) is 9.21. The fourth-order valence-electron chi connectivity index (χ4n) is 1.56. The summed E-state index contributed by atoms with van der Waals surface area (Å²) in [5, 5.41) is 12.5. The van der Waals surface area contributed by atoms with Crippen LogP contribution in [0.4, 0.5) is 10.5 Å². The molecule has 6 heteroatoms. The number of nitrogens with one attached hydrogen (secondary N) is 1. The van der Waals surface area contributed by atoms with E-state index in [1.165, 1.54) is 0 Å². The Morgan fingerprint density at radius 2 is 2.15 bits per heavy atom. The Bertz CT molecular complexity index is 472. The molecule has 20 heavy (non-hydrogen) atoms. The van der Waals surface area contributed by atoms with E-state index in [1.807, 2.05) is 0 Å². The molecule has 0 bridgehead atoms. The molecule has 0 saturated heterocycles. The molecule has 1 amide bonds. The van der Waals surface area contributed by atoms with Crippen LogP contribution < -0.4 is 11.1 Å². The Morgan fingerprint density at radius 3 is 2.65 bits per heavy atom. The first-order valence-electron chi connectivity index (χ1n) is 6.38. The smallest absolute Gasteiger partial charge is 0.412 e. The Labute approximate surface area is 124 Å². The van der Waals surface area contributed by atoms with Crippen molar-refractivity contribution in [1.29, 1.82) is 0 Å². The van der Waals surface area contributed by atoms with Gasteiger partial charge in [-0.2, -0.15) is 0 Å². The SMILES string of the molecule is CC(C)(C)OC(=O)Nc1ccc(CC(O)CN)cc1Cl. The maximum absolute atomic E-state index is 11.6. The van der Waals surface area contributed by atoms with Crippen molar-refractivity contribution < 1.29 is 14.6 Å². The molecule has 0 saturated carbocycles. The number of amides is 1. The Morgan fingerprint density at radius 1 is 1.50 bits per heavy atom. The van der Waals surface area contributed by atoms with Gasteiger partial charge >= 0.3 is 6.09 Å². The quantitative estimate of drug-likeness (QED) is 0.798. The Balaban J connectivity index is 2.71. The van der Waals surface area contributed by atoms with E-state index in [9.17, 15) is 9.90 Å². The van der Waals surface area contributed by atoms with Crippen LogP contribution in [0.2, 0.25) is 5.02 Å². The summed E-state index contributed by atoms with van der Waals surface area (Å²) in [5.74, 6) is 0. The highest BCUT2D eigenvalue weighted by Gasteiger charge is 2.17. The van der Waals surface area contributed by atoms with Crippen molar-refractivity contribution in [2.45, 2.75) is 38.9 Å². The van der Waals surface area contributed by atoms with Gasteiger partial charge in [0.2, 0.25) is 0 Å². The van der Waals surface area contributed by atoms with Gasteiger partial charge in [0, 0.05) is 6.54 Å². The van der Waals surface area contributed by atoms with Crippen molar-refractivity contribution in [1.82, 2.24) is 0 Å². The van der Waals surface area contributed by atoms with E-state index in [1.54, 1.807) is 39.0 Å². The van der Waals surface area contributed by atoms with Crippen LogP contribution in [0, 0.1) is 0 Å². The zero-order chi connectivity index (χ0) is 15.3. The molecule has 1 rings (SSSR count). The highest BCUT2D eigenvalue weighted by atomic mass is 35.5. The molecular formula is C14H21ClN2O3. The second kappa shape index (κ2) is 6.92. The number of carbonyl (C=O) groups is 1. The van der Waals surface area contributed by atoms with Crippen molar-refractivity contribution in [3.63, 3.8) is 0 Å². The van der Waals surface area contributed by atoms with Crippen LogP contribution >= 0.6 is 11.6 Å². The largest absolute Gasteiger partial charge is 0.444 e. The van der Waals surface area contributed by atoms with Crippen molar-refractivity contribution in [2.24, 2.45) is 5.73 Å². The van der Waals surface area contributed by atoms with E-state index in [0.717, 1.165) is 5.56 Å². The lowest BCUT2D eigenvalue weighted by molar-refractivity contribution is 0.0636. The van der Waals surface area contributed by atoms with Gasteiger partial charge in [-0.05, 0) is 44.9 Å². The monoisotopic (exact) mass is 300 g/mol. The molecule has 0 heterocycles. The van der Waals surface area contributed by atoms with E-state index >= 15 is 0 Å². The van der Waals surface area contributed by atoms with Crippen molar-refractivity contribution in [2.75, 3.05) is 11.9 Å². The molecule has 0 spiro atoms. The molecule has 0 aromatic heterocycles. The van der Waals surface area contributed by atoms with E-state index in [4.69, 9.17) is 22.1 Å². The van der Waals surface area contributed by atoms with E-state index in [-0.39, 0.29) is 6.54 Å². The van der Waals surface area contributed by atoms with Gasteiger partial charge < -0.3 is 15.6 Å². The molecule has 112 valence electrons. The van der Waals surface area contributed by atoms with E-state index in [2.05, 4.69) is 5.32 Å². The minimum atomic E-state index is -0.601. The minimum absolute atomic E-state index is 0.190. The van der Waals surface area contributed by atoms with Gasteiger partial charge in [-0.15, -0.1) is 0 Å². The lowest BCUT2D eigenvalue weighted by Gasteiger charge is -2.20. The first kappa shape index (κ1) is 16.8. The molecular weight excluding hydrogens is 280 g/mol. The molecule has 0 aliphatic carbocycles. The number of benzene rings is 1. The van der Waals surface area contributed by atoms with Crippen LogP contribution in [0.25, 0.3) is 0 Å². The van der Waals surface area contributed by atoms with Gasteiger partial charge in [0.15, 0.2) is 0 Å². The number of nitrogens with two attached hydrogens (primary N) is 1. The van der Waals surface area contributed by atoms with Gasteiger partial charge in [-0.25, -0.2) is 4.79 Å². The second-order valence-electron chi connectivity index (χ2n) is 5.53. The zero-order valence-corrected chi connectivity index (χ0v) is 12.7. The maximum atomic E-state index is 11.6. The van der Waals surface area contributed by atoms with Crippen molar-refractivity contribution in [3.05, 3.63) is 28.8 Å². The first-order valence-corrected chi connectivity index (χ1v) is 6.75. The molecule has 4 N–H and O–H groups in total. The fraction of sp³-hybridized carbons (Fsp3) is 0.500. The molecule has 0 aliphatic rings. The summed E-state index contributed by atoms with van der Waals surface area (Å²) in [6, 6.07) is 5.13. The number of aliphatic hydroxyl groups is 1. The van der Waals surface area contributed by atoms with Gasteiger partial charge in [-0.1, -0.05) is 17.7 Å². The standard InChI is InChI=1S/C14H21ClN2O3/c1-14(2,3)20-13(19)17-12-5-4-9(7-11(12)15)6-10(18)8-16/h4-5,7,10,18H,6,8,16H2,1-3H3,(H,17,19). The summed E-state index contributed by atoms with van der Waals surface area (Å²) in [7, 11) is 0. The van der Waals surface area contributed by atoms with Crippen LogP contribution in [0.1, 0.15) is 26.3 Å². The van der Waals surface area contributed by atoms with Gasteiger partial charge in [0.1, 0.15) is 5.60 Å². The topological polar surface area (TPSA) is 84.6 Å². The summed E-state index contributed by atoms with van der Waals surface area (Å²) < 4.78 is 5.14. The lowest BCUT2D eigenvalue weighted by atomic mass is 10.1. The zero-order valence-electron chi connectivity index (χ0n) is 11.9. The van der Waals surface area contributed by atoms with Crippen LogP contribution in [0.15, 0.2) is 18.2 Å². The molecule has 0 radical (unpaired) electrons. The average molecular weight is 301 g/mol. The van der Waals surface area contributed by atoms with Gasteiger partial charge in [0.05, 0.1) is 16.8 Å². The number of aliphatic hydroxyl groups excluding tert-OH is 1. The molecule has 0 aliphatic heterocycles. The molecule has 0 fully saturated rings. The minimum Gasteiger partial charge on any atom is -0.444 e. The molecule has 1 unspecified atom stereocenters. The highest BCUT2D eigenvalue weighted by Crippen LogP contribution is 2.24. The number of halogens is 1. The van der Waals surface area contributed by atoms with Gasteiger partial charge in [-0.3, -0.25) is 5.32 Å². The summed E-state index contributed by atoms with van der Waals surface area (Å²) >= 11 is 6.09. The van der Waals surface area contributed by atoms with E-state index < -0.39 is 17.8 Å². The number of rotatable bonds is 4.